The number of hydrogen-bond donors (Lipinski definition) is 2. The van der Waals surface area contributed by atoms with Crippen molar-refractivity contribution < 1.29 is 5.48 Å². The van der Waals surface area contributed by atoms with E-state index in [1.165, 1.54) is 32.4 Å². The second-order valence-electron chi connectivity index (χ2n) is 1.81. The lowest BCUT2D eigenvalue weighted by Crippen LogP contribution is -2.21. The molecule has 0 aromatic carbocycles. The van der Waals surface area contributed by atoms with Crippen molar-refractivity contribution in [2.24, 2.45) is 0 Å². The molecular weight excluding hydrogens is 134 g/mol. The van der Waals surface area contributed by atoms with Crippen molar-refractivity contribution in [2.75, 3.05) is 19.3 Å². The lowest BCUT2D eigenvalue weighted by Gasteiger charge is -2.08. The summed E-state index contributed by atoms with van der Waals surface area (Å²) in [6.45, 7) is 2.50. The van der Waals surface area contributed by atoms with Gasteiger partial charge in [0.1, 0.15) is 0 Å². The van der Waals surface area contributed by atoms with E-state index in [0.717, 1.165) is 0 Å². The first-order valence-corrected chi connectivity index (χ1v) is 4.05. The Kier molecular flexibility index (Phi) is 14.8. The van der Waals surface area contributed by atoms with Gasteiger partial charge in [0, 0.05) is 0 Å². The molecular formula is C6H17NOS. The molecule has 0 amide bonds. The summed E-state index contributed by atoms with van der Waals surface area (Å²) in [5, 5.41) is 3.28. The molecule has 1 fully saturated rings. The first kappa shape index (κ1) is 12.0. The zero-order chi connectivity index (χ0) is 6.24. The van der Waals surface area contributed by atoms with Crippen LogP contribution in [0.25, 0.3) is 0 Å². The number of rotatable bonds is 0. The third-order valence-corrected chi connectivity index (χ3v) is 1.21. The minimum Gasteiger partial charge on any atom is -0.412 e. The number of nitrogens with one attached hydrogen (secondary N) is 1. The lowest BCUT2D eigenvalue weighted by atomic mass is 10.2. The van der Waals surface area contributed by atoms with Crippen molar-refractivity contribution in [2.45, 2.75) is 19.3 Å². The van der Waals surface area contributed by atoms with Crippen LogP contribution < -0.4 is 5.32 Å². The van der Waals surface area contributed by atoms with Gasteiger partial charge in [0.2, 0.25) is 0 Å². The Morgan fingerprint density at radius 3 is 1.56 bits per heavy atom. The standard InChI is InChI=1S/C5H11N.CH4S.H2O/c1-2-4-6-5-3-1;1-2;/h6H,1-5H2;2H,1H3;1H2. The zero-order valence-corrected chi connectivity index (χ0v) is 6.88. The molecule has 0 spiro atoms. The average Bonchev–Trinajstić information content (AvgIpc) is 1.96. The Morgan fingerprint density at radius 1 is 1.00 bits per heavy atom. The molecule has 9 heavy (non-hydrogen) atoms. The first-order chi connectivity index (χ1) is 4.00. The highest BCUT2D eigenvalue weighted by molar-refractivity contribution is 7.79. The molecule has 1 aliphatic rings. The highest BCUT2D eigenvalue weighted by Gasteiger charge is 1.93. The van der Waals surface area contributed by atoms with E-state index in [-0.39, 0.29) is 5.48 Å². The van der Waals surface area contributed by atoms with E-state index in [1.54, 1.807) is 6.26 Å². The number of piperidine rings is 1. The minimum atomic E-state index is 0. The van der Waals surface area contributed by atoms with Crippen molar-refractivity contribution in [3.05, 3.63) is 0 Å². The monoisotopic (exact) mass is 151 g/mol. The first-order valence-electron chi connectivity index (χ1n) is 3.15. The lowest BCUT2D eigenvalue weighted by molar-refractivity contribution is 0.520. The molecule has 2 nitrogen and oxygen atoms in total. The number of thiol groups is 1. The molecule has 0 atom stereocenters. The second kappa shape index (κ2) is 11.1. The van der Waals surface area contributed by atoms with Crippen molar-refractivity contribution in [1.29, 1.82) is 0 Å². The van der Waals surface area contributed by atoms with Gasteiger partial charge in [-0.3, -0.25) is 0 Å². The van der Waals surface area contributed by atoms with E-state index < -0.39 is 0 Å². The molecule has 0 radical (unpaired) electrons. The van der Waals surface area contributed by atoms with Crippen LogP contribution in [0.5, 0.6) is 0 Å². The summed E-state index contributed by atoms with van der Waals surface area (Å²) < 4.78 is 0. The van der Waals surface area contributed by atoms with Gasteiger partial charge in [0.25, 0.3) is 0 Å². The largest absolute Gasteiger partial charge is 0.412 e. The molecule has 1 saturated heterocycles. The summed E-state index contributed by atoms with van der Waals surface area (Å²) in [4.78, 5) is 0. The van der Waals surface area contributed by atoms with E-state index in [1.807, 2.05) is 0 Å². The van der Waals surface area contributed by atoms with Crippen LogP contribution in [0.2, 0.25) is 0 Å². The fourth-order valence-electron chi connectivity index (χ4n) is 0.802. The number of hydrogen-bond acceptors (Lipinski definition) is 2. The van der Waals surface area contributed by atoms with Crippen LogP contribution in [0, 0.1) is 0 Å². The van der Waals surface area contributed by atoms with Crippen molar-refractivity contribution in [3.8, 4) is 0 Å². The second-order valence-corrected chi connectivity index (χ2v) is 1.81. The van der Waals surface area contributed by atoms with Crippen molar-refractivity contribution in [1.82, 2.24) is 5.32 Å². The Labute approximate surface area is 62.7 Å². The van der Waals surface area contributed by atoms with E-state index in [0.29, 0.717) is 0 Å². The summed E-state index contributed by atoms with van der Waals surface area (Å²) >= 11 is 3.53. The van der Waals surface area contributed by atoms with Crippen LogP contribution in [0.3, 0.4) is 0 Å². The van der Waals surface area contributed by atoms with Gasteiger partial charge in [-0.15, -0.1) is 0 Å². The highest BCUT2D eigenvalue weighted by atomic mass is 32.1. The molecule has 0 aromatic rings. The Morgan fingerprint density at radius 2 is 1.44 bits per heavy atom. The fraction of sp³-hybridized carbons (Fsp3) is 1.00. The Bertz CT molecular complexity index is 28.5. The molecule has 1 rings (SSSR count). The minimum absolute atomic E-state index is 0. The quantitative estimate of drug-likeness (QED) is 0.486. The molecule has 0 aliphatic carbocycles. The summed E-state index contributed by atoms with van der Waals surface area (Å²) in [6.07, 6.45) is 5.91. The maximum Gasteiger partial charge on any atom is -0.00489 e. The van der Waals surface area contributed by atoms with Gasteiger partial charge in [0.05, 0.1) is 0 Å². The average molecular weight is 151 g/mol. The summed E-state index contributed by atoms with van der Waals surface area (Å²) in [6, 6.07) is 0. The summed E-state index contributed by atoms with van der Waals surface area (Å²) in [5.41, 5.74) is 0. The Balaban J connectivity index is 0. The van der Waals surface area contributed by atoms with Crippen molar-refractivity contribution >= 4 is 12.6 Å². The molecule has 3 N–H and O–H groups in total. The van der Waals surface area contributed by atoms with Crippen LogP contribution in [-0.4, -0.2) is 24.8 Å². The van der Waals surface area contributed by atoms with E-state index in [9.17, 15) is 0 Å². The molecule has 0 saturated carbocycles. The van der Waals surface area contributed by atoms with Gasteiger partial charge in [0.15, 0.2) is 0 Å². The maximum absolute atomic E-state index is 3.53. The summed E-state index contributed by atoms with van der Waals surface area (Å²) in [5.74, 6) is 0. The van der Waals surface area contributed by atoms with E-state index >= 15 is 0 Å². The van der Waals surface area contributed by atoms with Crippen molar-refractivity contribution in [3.63, 3.8) is 0 Å². The third kappa shape index (κ3) is 8.27. The van der Waals surface area contributed by atoms with Crippen LogP contribution in [0.1, 0.15) is 19.3 Å². The van der Waals surface area contributed by atoms with E-state index in [4.69, 9.17) is 0 Å². The molecule has 3 heteroatoms. The van der Waals surface area contributed by atoms with Crippen LogP contribution >= 0.6 is 12.6 Å². The smallest absolute Gasteiger partial charge is 0.00489 e. The normalized spacial score (nSPS) is 16.7. The van der Waals surface area contributed by atoms with Crippen LogP contribution in [-0.2, 0) is 0 Å². The molecule has 0 unspecified atom stereocenters. The van der Waals surface area contributed by atoms with Crippen LogP contribution in [0.15, 0.2) is 0 Å². The summed E-state index contributed by atoms with van der Waals surface area (Å²) in [7, 11) is 0. The van der Waals surface area contributed by atoms with Gasteiger partial charge in [-0.05, 0) is 32.2 Å². The predicted octanol–water partition coefficient (Wildman–Crippen LogP) is 0.481. The highest BCUT2D eigenvalue weighted by Crippen LogP contribution is 1.96. The topological polar surface area (TPSA) is 43.5 Å². The molecule has 1 heterocycles. The molecule has 0 aromatic heterocycles. The molecule has 0 bridgehead atoms. The SMILES string of the molecule is C1CCNCC1.CS.O. The maximum atomic E-state index is 3.53. The van der Waals surface area contributed by atoms with Gasteiger partial charge in [-0.25, -0.2) is 0 Å². The van der Waals surface area contributed by atoms with Gasteiger partial charge < -0.3 is 10.8 Å². The Hall–Kier alpha value is 0.270. The predicted molar refractivity (Wildman–Crippen MR) is 45.2 cm³/mol. The fourth-order valence-corrected chi connectivity index (χ4v) is 0.802. The third-order valence-electron chi connectivity index (χ3n) is 1.21. The van der Waals surface area contributed by atoms with Gasteiger partial charge >= 0.3 is 0 Å². The van der Waals surface area contributed by atoms with Gasteiger partial charge in [-0.2, -0.15) is 12.6 Å². The molecule has 58 valence electrons. The zero-order valence-electron chi connectivity index (χ0n) is 5.98. The van der Waals surface area contributed by atoms with Gasteiger partial charge in [-0.1, -0.05) is 6.42 Å². The molecule has 1 aliphatic heterocycles. The van der Waals surface area contributed by atoms with Crippen LogP contribution in [0.4, 0.5) is 0 Å². The van der Waals surface area contributed by atoms with E-state index in [2.05, 4.69) is 17.9 Å².